The van der Waals surface area contributed by atoms with Crippen molar-refractivity contribution in [3.05, 3.63) is 64.7 Å². The van der Waals surface area contributed by atoms with Crippen molar-refractivity contribution >= 4 is 17.7 Å². The quantitative estimate of drug-likeness (QED) is 0.732. The highest BCUT2D eigenvalue weighted by Crippen LogP contribution is 2.34. The molecule has 2 aliphatic heterocycles. The van der Waals surface area contributed by atoms with E-state index in [2.05, 4.69) is 0 Å². The van der Waals surface area contributed by atoms with Crippen LogP contribution in [0.2, 0.25) is 0 Å². The maximum absolute atomic E-state index is 12.9. The summed E-state index contributed by atoms with van der Waals surface area (Å²) >= 11 is 0. The number of likely N-dealkylation sites (tertiary alicyclic amines) is 1. The Bertz CT molecular complexity index is 985. The SMILES string of the molecule is COc1cccc(C2CCCN2C(=O)CCN2C(=O)c3ccc(C)cc3C2=O)c1. The van der Waals surface area contributed by atoms with Crippen molar-refractivity contribution in [2.75, 3.05) is 20.2 Å². The van der Waals surface area contributed by atoms with E-state index < -0.39 is 0 Å². The fraction of sp³-hybridized carbons (Fsp3) is 0.348. The molecule has 6 nitrogen and oxygen atoms in total. The largest absolute Gasteiger partial charge is 0.497 e. The van der Waals surface area contributed by atoms with E-state index in [0.717, 1.165) is 29.7 Å². The molecule has 1 atom stereocenters. The summed E-state index contributed by atoms with van der Waals surface area (Å²) in [6.45, 7) is 2.67. The summed E-state index contributed by atoms with van der Waals surface area (Å²) < 4.78 is 5.30. The molecule has 2 aromatic rings. The highest BCUT2D eigenvalue weighted by atomic mass is 16.5. The van der Waals surface area contributed by atoms with Gasteiger partial charge >= 0.3 is 0 Å². The summed E-state index contributed by atoms with van der Waals surface area (Å²) in [6, 6.07) is 13.0. The lowest BCUT2D eigenvalue weighted by atomic mass is 10.0. The van der Waals surface area contributed by atoms with Crippen LogP contribution in [0.3, 0.4) is 0 Å². The number of nitrogens with zero attached hydrogens (tertiary/aromatic N) is 2. The Morgan fingerprint density at radius 2 is 1.90 bits per heavy atom. The van der Waals surface area contributed by atoms with Crippen molar-refractivity contribution in [1.29, 1.82) is 0 Å². The minimum atomic E-state index is -0.316. The predicted molar refractivity (Wildman–Crippen MR) is 108 cm³/mol. The third-order valence-electron chi connectivity index (χ3n) is 5.73. The number of fused-ring (bicyclic) bond motifs is 1. The zero-order valence-electron chi connectivity index (χ0n) is 16.7. The van der Waals surface area contributed by atoms with Gasteiger partial charge in [0.15, 0.2) is 0 Å². The third-order valence-corrected chi connectivity index (χ3v) is 5.73. The number of rotatable bonds is 5. The van der Waals surface area contributed by atoms with Crippen molar-refractivity contribution in [3.63, 3.8) is 0 Å². The minimum absolute atomic E-state index is 0.00225. The normalized spacial score (nSPS) is 18.3. The number of methoxy groups -OCH3 is 1. The van der Waals surface area contributed by atoms with Crippen LogP contribution in [-0.2, 0) is 4.79 Å². The predicted octanol–water partition coefficient (Wildman–Crippen LogP) is 3.35. The Morgan fingerprint density at radius 3 is 2.69 bits per heavy atom. The van der Waals surface area contributed by atoms with Crippen LogP contribution in [0.25, 0.3) is 0 Å². The molecule has 1 saturated heterocycles. The van der Waals surface area contributed by atoms with E-state index in [0.29, 0.717) is 17.7 Å². The molecule has 0 spiro atoms. The van der Waals surface area contributed by atoms with Crippen LogP contribution < -0.4 is 4.74 Å². The lowest BCUT2D eigenvalue weighted by Crippen LogP contribution is -2.36. The van der Waals surface area contributed by atoms with Gasteiger partial charge in [0.05, 0.1) is 24.3 Å². The molecule has 0 saturated carbocycles. The van der Waals surface area contributed by atoms with Crippen molar-refractivity contribution in [3.8, 4) is 5.75 Å². The number of ether oxygens (including phenoxy) is 1. The van der Waals surface area contributed by atoms with Crippen LogP contribution in [0.5, 0.6) is 5.75 Å². The number of hydrogen-bond donors (Lipinski definition) is 0. The van der Waals surface area contributed by atoms with Gasteiger partial charge in [-0.3, -0.25) is 19.3 Å². The topological polar surface area (TPSA) is 66.9 Å². The van der Waals surface area contributed by atoms with Crippen LogP contribution >= 0.6 is 0 Å². The molecule has 2 aromatic carbocycles. The average molecular weight is 392 g/mol. The molecule has 150 valence electrons. The first kappa shape index (κ1) is 19.2. The van der Waals surface area contributed by atoms with Crippen molar-refractivity contribution in [2.24, 2.45) is 0 Å². The molecule has 29 heavy (non-hydrogen) atoms. The van der Waals surface area contributed by atoms with Gasteiger partial charge in [-0.25, -0.2) is 0 Å². The number of hydrogen-bond acceptors (Lipinski definition) is 4. The maximum Gasteiger partial charge on any atom is 0.261 e. The van der Waals surface area contributed by atoms with Gasteiger partial charge in [-0.15, -0.1) is 0 Å². The Morgan fingerprint density at radius 1 is 1.10 bits per heavy atom. The molecule has 2 heterocycles. The summed E-state index contributed by atoms with van der Waals surface area (Å²) in [4.78, 5) is 41.2. The highest BCUT2D eigenvalue weighted by Gasteiger charge is 2.36. The molecular weight excluding hydrogens is 368 g/mol. The Labute approximate surface area is 170 Å². The first-order valence-electron chi connectivity index (χ1n) is 9.90. The van der Waals surface area contributed by atoms with Gasteiger partial charge in [0, 0.05) is 19.5 Å². The second-order valence-electron chi connectivity index (χ2n) is 7.58. The van der Waals surface area contributed by atoms with E-state index in [1.807, 2.05) is 42.2 Å². The average Bonchev–Trinajstić information content (AvgIpc) is 3.31. The lowest BCUT2D eigenvalue weighted by Gasteiger charge is -2.26. The van der Waals surface area contributed by atoms with Crippen LogP contribution in [0.4, 0.5) is 0 Å². The number of amides is 3. The molecular formula is C23H24N2O4. The van der Waals surface area contributed by atoms with Crippen molar-refractivity contribution in [1.82, 2.24) is 9.80 Å². The fourth-order valence-corrected chi connectivity index (χ4v) is 4.22. The first-order valence-corrected chi connectivity index (χ1v) is 9.90. The number of carbonyl (C=O) groups excluding carboxylic acids is 3. The van der Waals surface area contributed by atoms with E-state index in [9.17, 15) is 14.4 Å². The lowest BCUT2D eigenvalue weighted by molar-refractivity contribution is -0.132. The smallest absolute Gasteiger partial charge is 0.261 e. The molecule has 6 heteroatoms. The van der Waals surface area contributed by atoms with Gasteiger partial charge in [0.1, 0.15) is 5.75 Å². The van der Waals surface area contributed by atoms with E-state index in [1.54, 1.807) is 19.2 Å². The number of carbonyl (C=O) groups is 3. The molecule has 0 aromatic heterocycles. The monoisotopic (exact) mass is 392 g/mol. The summed E-state index contributed by atoms with van der Waals surface area (Å²) in [6.07, 6.45) is 1.95. The third kappa shape index (κ3) is 3.50. The maximum atomic E-state index is 12.9. The Hall–Kier alpha value is -3.15. The fourth-order valence-electron chi connectivity index (χ4n) is 4.22. The van der Waals surface area contributed by atoms with Crippen molar-refractivity contribution in [2.45, 2.75) is 32.2 Å². The van der Waals surface area contributed by atoms with Gasteiger partial charge in [-0.1, -0.05) is 23.8 Å². The summed E-state index contributed by atoms with van der Waals surface area (Å²) in [5.74, 6) is 0.0991. The first-order chi connectivity index (χ1) is 14.0. The summed E-state index contributed by atoms with van der Waals surface area (Å²) in [5.41, 5.74) is 2.83. The van der Waals surface area contributed by atoms with Gasteiger partial charge < -0.3 is 9.64 Å². The molecule has 0 N–H and O–H groups in total. The molecule has 0 bridgehead atoms. The van der Waals surface area contributed by atoms with Gasteiger partial charge in [0.2, 0.25) is 5.91 Å². The molecule has 3 amide bonds. The number of benzene rings is 2. The van der Waals surface area contributed by atoms with Gasteiger partial charge in [-0.05, 0) is 49.6 Å². The molecule has 1 unspecified atom stereocenters. The Balaban J connectivity index is 1.44. The zero-order chi connectivity index (χ0) is 20.5. The highest BCUT2D eigenvalue weighted by molar-refractivity contribution is 6.21. The van der Waals surface area contributed by atoms with Gasteiger partial charge in [0.25, 0.3) is 11.8 Å². The van der Waals surface area contributed by atoms with E-state index in [-0.39, 0.29) is 36.7 Å². The van der Waals surface area contributed by atoms with Crippen molar-refractivity contribution < 1.29 is 19.1 Å². The molecule has 1 fully saturated rings. The molecule has 0 radical (unpaired) electrons. The van der Waals surface area contributed by atoms with Gasteiger partial charge in [-0.2, -0.15) is 0 Å². The molecule has 2 aliphatic rings. The van der Waals surface area contributed by atoms with Crippen LogP contribution in [0.15, 0.2) is 42.5 Å². The standard InChI is InChI=1S/C23H24N2O4/c1-15-8-9-18-19(13-15)23(28)25(22(18)27)12-10-21(26)24-11-4-7-20(24)16-5-3-6-17(14-16)29-2/h3,5-6,8-9,13-14,20H,4,7,10-12H2,1-2H3. The van der Waals surface area contributed by atoms with Crippen LogP contribution in [-0.4, -0.2) is 47.7 Å². The summed E-state index contributed by atoms with van der Waals surface area (Å²) in [7, 11) is 1.63. The second kappa shape index (κ2) is 7.70. The van der Waals surface area contributed by atoms with Crippen LogP contribution in [0.1, 0.15) is 57.1 Å². The van der Waals surface area contributed by atoms with E-state index >= 15 is 0 Å². The minimum Gasteiger partial charge on any atom is -0.497 e. The Kier molecular flexibility index (Phi) is 5.09. The second-order valence-corrected chi connectivity index (χ2v) is 7.58. The molecule has 4 rings (SSSR count). The molecule has 0 aliphatic carbocycles. The van der Waals surface area contributed by atoms with E-state index in [1.165, 1.54) is 4.90 Å². The van der Waals surface area contributed by atoms with E-state index in [4.69, 9.17) is 4.74 Å². The number of imide groups is 1. The number of aryl methyl sites for hydroxylation is 1. The summed E-state index contributed by atoms with van der Waals surface area (Å²) in [5, 5.41) is 0. The van der Waals surface area contributed by atoms with Crippen LogP contribution in [0, 0.1) is 6.92 Å². The zero-order valence-corrected chi connectivity index (χ0v) is 16.7.